The van der Waals surface area contributed by atoms with Crippen LogP contribution in [0.2, 0.25) is 0 Å². The van der Waals surface area contributed by atoms with Crippen LogP contribution in [0.4, 0.5) is 0 Å². The Morgan fingerprint density at radius 2 is 1.97 bits per heavy atom. The van der Waals surface area contributed by atoms with Crippen LogP contribution in [0.25, 0.3) is 0 Å². The topological polar surface area (TPSA) is 58.7 Å². The van der Waals surface area contributed by atoms with E-state index in [1.165, 1.54) is 5.56 Å². The van der Waals surface area contributed by atoms with Crippen molar-refractivity contribution in [3.63, 3.8) is 0 Å². The number of likely N-dealkylation sites (tertiary alicyclic amines) is 1. The number of piperidine rings is 1. The molecule has 0 saturated carbocycles. The molecular weight excluding hydrogens is 378 g/mol. The van der Waals surface area contributed by atoms with Gasteiger partial charge in [-0.15, -0.1) is 0 Å². The van der Waals surface area contributed by atoms with Gasteiger partial charge in [-0.05, 0) is 38.1 Å². The first-order valence-corrected chi connectivity index (χ1v) is 10.9. The fourth-order valence-corrected chi connectivity index (χ4v) is 5.13. The lowest BCUT2D eigenvalue weighted by Crippen LogP contribution is -3.16. The van der Waals surface area contributed by atoms with Crippen molar-refractivity contribution in [2.24, 2.45) is 5.10 Å². The zero-order valence-corrected chi connectivity index (χ0v) is 17.9. The molecule has 1 fully saturated rings. The van der Waals surface area contributed by atoms with Crippen LogP contribution >= 0.6 is 0 Å². The number of aromatic hydroxyl groups is 1. The van der Waals surface area contributed by atoms with Crippen LogP contribution in [0.3, 0.4) is 0 Å². The van der Waals surface area contributed by atoms with Crippen LogP contribution < -0.4 is 14.4 Å². The number of quaternary nitrogens is 1. The summed E-state index contributed by atoms with van der Waals surface area (Å²) in [5.41, 5.74) is 2.81. The van der Waals surface area contributed by atoms with E-state index in [-0.39, 0.29) is 17.5 Å². The Bertz CT molecular complexity index is 979. The minimum absolute atomic E-state index is 0.145. The Morgan fingerprint density at radius 1 is 1.20 bits per heavy atom. The minimum Gasteiger partial charge on any atom is -0.504 e. The Hall–Kier alpha value is -2.73. The van der Waals surface area contributed by atoms with E-state index >= 15 is 0 Å². The quantitative estimate of drug-likeness (QED) is 0.820. The third-order valence-corrected chi connectivity index (χ3v) is 6.91. The van der Waals surface area contributed by atoms with Gasteiger partial charge in [-0.25, -0.2) is 5.01 Å². The first-order chi connectivity index (χ1) is 14.5. The van der Waals surface area contributed by atoms with Crippen LogP contribution in [0, 0.1) is 0 Å². The van der Waals surface area contributed by atoms with Crippen molar-refractivity contribution in [3.8, 4) is 17.2 Å². The monoisotopic (exact) mass is 408 g/mol. The number of phenolic OH excluding ortho intramolecular Hbond substituents is 1. The lowest BCUT2D eigenvalue weighted by atomic mass is 9.90. The summed E-state index contributed by atoms with van der Waals surface area (Å²) in [5.74, 6) is 1.61. The van der Waals surface area contributed by atoms with E-state index in [1.54, 1.807) is 18.1 Å². The molecule has 3 heterocycles. The molecule has 3 aliphatic heterocycles. The van der Waals surface area contributed by atoms with Crippen LogP contribution in [-0.4, -0.2) is 47.8 Å². The van der Waals surface area contributed by atoms with Crippen molar-refractivity contribution >= 4 is 5.71 Å². The molecule has 1 spiro atoms. The molecule has 1 saturated heterocycles. The zero-order chi connectivity index (χ0) is 20.9. The van der Waals surface area contributed by atoms with Gasteiger partial charge in [-0.3, -0.25) is 0 Å². The summed E-state index contributed by atoms with van der Waals surface area (Å²) in [6.07, 6.45) is 2.73. The van der Waals surface area contributed by atoms with Crippen molar-refractivity contribution in [1.82, 2.24) is 5.01 Å². The van der Waals surface area contributed by atoms with Crippen LogP contribution in [0.15, 0.2) is 47.6 Å². The van der Waals surface area contributed by atoms with Crippen LogP contribution in [0.5, 0.6) is 17.2 Å². The van der Waals surface area contributed by atoms with Crippen molar-refractivity contribution in [2.45, 2.75) is 50.9 Å². The standard InChI is InChI=1S/C24H29N3O3/c1-16(2)26-12-10-24(11-13-26)27-20(18-6-4-5-7-22(18)30-24)15-19(25-27)17-8-9-21(28)23(14-17)29-3/h4-9,14,16,20,28H,10-13,15H2,1-3H3/p+1/t20-/m1/s1. The summed E-state index contributed by atoms with van der Waals surface area (Å²) < 4.78 is 12.0. The summed E-state index contributed by atoms with van der Waals surface area (Å²) in [7, 11) is 1.57. The van der Waals surface area contributed by atoms with Gasteiger partial charge in [0.05, 0.1) is 50.8 Å². The summed E-state index contributed by atoms with van der Waals surface area (Å²) in [6, 6.07) is 14.6. The molecule has 158 valence electrons. The molecule has 0 amide bonds. The maximum atomic E-state index is 9.98. The number of benzene rings is 2. The largest absolute Gasteiger partial charge is 0.504 e. The second-order valence-corrected chi connectivity index (χ2v) is 8.90. The lowest BCUT2D eigenvalue weighted by molar-refractivity contribution is -0.929. The number of hydrazone groups is 1. The molecule has 0 bridgehead atoms. The van der Waals surface area contributed by atoms with Crippen molar-refractivity contribution in [3.05, 3.63) is 53.6 Å². The number of nitrogens with one attached hydrogen (secondary N) is 1. The summed E-state index contributed by atoms with van der Waals surface area (Å²) in [6.45, 7) is 6.75. The molecule has 0 aliphatic carbocycles. The first-order valence-electron chi connectivity index (χ1n) is 10.9. The number of hydrogen-bond donors (Lipinski definition) is 2. The van der Waals surface area contributed by atoms with E-state index in [4.69, 9.17) is 14.6 Å². The second-order valence-electron chi connectivity index (χ2n) is 8.90. The van der Waals surface area contributed by atoms with E-state index in [1.807, 2.05) is 12.1 Å². The van der Waals surface area contributed by atoms with Gasteiger partial charge in [0.25, 0.3) is 0 Å². The number of ether oxygens (including phenoxy) is 2. The number of hydrogen-bond acceptors (Lipinski definition) is 5. The third-order valence-electron chi connectivity index (χ3n) is 6.91. The molecular formula is C24H30N3O3+. The van der Waals surface area contributed by atoms with E-state index in [9.17, 15) is 5.11 Å². The van der Waals surface area contributed by atoms with Gasteiger partial charge < -0.3 is 19.5 Å². The van der Waals surface area contributed by atoms with Crippen LogP contribution in [-0.2, 0) is 0 Å². The molecule has 6 nitrogen and oxygen atoms in total. The summed E-state index contributed by atoms with van der Waals surface area (Å²) >= 11 is 0. The Labute approximate surface area is 177 Å². The maximum Gasteiger partial charge on any atom is 0.208 e. The van der Waals surface area contributed by atoms with E-state index in [0.29, 0.717) is 11.8 Å². The minimum atomic E-state index is -0.389. The summed E-state index contributed by atoms with van der Waals surface area (Å²) in [5, 5.41) is 17.3. The normalized spacial score (nSPS) is 27.5. The van der Waals surface area contributed by atoms with E-state index in [0.717, 1.165) is 49.4 Å². The molecule has 30 heavy (non-hydrogen) atoms. The number of nitrogens with zero attached hydrogens (tertiary/aromatic N) is 2. The fraction of sp³-hybridized carbons (Fsp3) is 0.458. The second kappa shape index (κ2) is 7.20. The van der Waals surface area contributed by atoms with Crippen LogP contribution in [0.1, 0.15) is 50.3 Å². The highest BCUT2D eigenvalue weighted by molar-refractivity contribution is 6.02. The number of fused-ring (bicyclic) bond motifs is 4. The number of rotatable bonds is 3. The highest BCUT2D eigenvalue weighted by Gasteiger charge is 2.53. The van der Waals surface area contributed by atoms with Gasteiger partial charge in [0, 0.05) is 17.5 Å². The third kappa shape index (κ3) is 3.01. The van der Waals surface area contributed by atoms with Gasteiger partial charge in [0.2, 0.25) is 5.72 Å². The zero-order valence-electron chi connectivity index (χ0n) is 17.9. The molecule has 2 N–H and O–H groups in total. The molecule has 6 heteroatoms. The van der Waals surface area contributed by atoms with Crippen molar-refractivity contribution in [1.29, 1.82) is 0 Å². The molecule has 0 radical (unpaired) electrons. The Kier molecular flexibility index (Phi) is 4.62. The maximum absolute atomic E-state index is 9.98. The van der Waals surface area contributed by atoms with E-state index < -0.39 is 0 Å². The molecule has 2 aromatic carbocycles. The Balaban J connectivity index is 1.53. The van der Waals surface area contributed by atoms with Gasteiger partial charge in [-0.2, -0.15) is 5.10 Å². The summed E-state index contributed by atoms with van der Waals surface area (Å²) in [4.78, 5) is 1.63. The number of phenols is 1. The smallest absolute Gasteiger partial charge is 0.208 e. The highest BCUT2D eigenvalue weighted by atomic mass is 16.5. The lowest BCUT2D eigenvalue weighted by Gasteiger charge is -2.50. The van der Waals surface area contributed by atoms with Gasteiger partial charge in [-0.1, -0.05) is 18.2 Å². The predicted molar refractivity (Wildman–Crippen MR) is 115 cm³/mol. The van der Waals surface area contributed by atoms with Crippen molar-refractivity contribution in [2.75, 3.05) is 20.2 Å². The van der Waals surface area contributed by atoms with Gasteiger partial charge in [0.1, 0.15) is 5.75 Å². The average molecular weight is 409 g/mol. The first kappa shape index (κ1) is 19.2. The molecule has 3 aliphatic rings. The van der Waals surface area contributed by atoms with E-state index in [2.05, 4.69) is 43.1 Å². The molecule has 2 aromatic rings. The van der Waals surface area contributed by atoms with Gasteiger partial charge in [0.15, 0.2) is 11.5 Å². The number of methoxy groups -OCH3 is 1. The van der Waals surface area contributed by atoms with Gasteiger partial charge >= 0.3 is 0 Å². The predicted octanol–water partition coefficient (Wildman–Crippen LogP) is 2.73. The highest BCUT2D eigenvalue weighted by Crippen LogP contribution is 2.49. The van der Waals surface area contributed by atoms with Crippen molar-refractivity contribution < 1.29 is 19.5 Å². The molecule has 0 aromatic heterocycles. The average Bonchev–Trinajstić information content (AvgIpc) is 3.21. The fourth-order valence-electron chi connectivity index (χ4n) is 5.13. The molecule has 1 atom stereocenters. The SMILES string of the molecule is COc1cc(C2=NN3[C@H](C2)c2ccccc2OC32CC[NH+](C(C)C)CC2)ccc1O. The molecule has 5 rings (SSSR count). The number of para-hydroxylation sites is 1. The Morgan fingerprint density at radius 3 is 2.70 bits per heavy atom. The molecule has 0 unspecified atom stereocenters.